The van der Waals surface area contributed by atoms with Crippen LogP contribution < -0.4 is 4.74 Å². The number of rotatable bonds is 6. The zero-order valence-corrected chi connectivity index (χ0v) is 11.7. The third-order valence-electron chi connectivity index (χ3n) is 3.17. The van der Waals surface area contributed by atoms with Gasteiger partial charge in [-0.1, -0.05) is 19.8 Å². The van der Waals surface area contributed by atoms with E-state index < -0.39 is 0 Å². The van der Waals surface area contributed by atoms with E-state index >= 15 is 0 Å². The second-order valence-corrected chi connectivity index (χ2v) is 5.47. The lowest BCUT2D eigenvalue weighted by Gasteiger charge is -2.02. The van der Waals surface area contributed by atoms with Crippen LogP contribution in [-0.2, 0) is 6.42 Å². The lowest BCUT2D eigenvalue weighted by atomic mass is 10.0. The number of benzene rings is 1. The Morgan fingerprint density at radius 2 is 2.17 bits per heavy atom. The number of methoxy groups -OCH3 is 1. The van der Waals surface area contributed by atoms with E-state index in [2.05, 4.69) is 13.0 Å². The molecule has 0 N–H and O–H groups in total. The molecule has 2 rings (SSSR count). The molecule has 18 heavy (non-hydrogen) atoms. The van der Waals surface area contributed by atoms with Gasteiger partial charge in [0, 0.05) is 4.70 Å². The highest BCUT2D eigenvalue weighted by Crippen LogP contribution is 2.34. The molecule has 0 amide bonds. The first-order valence-electron chi connectivity index (χ1n) is 6.34. The SMILES string of the molecule is CCCCCc1c(C=O)sc2cc(OC)ccc12. The number of ether oxygens (including phenoxy) is 1. The van der Waals surface area contributed by atoms with Crippen LogP contribution in [0.5, 0.6) is 5.75 Å². The third kappa shape index (κ3) is 2.56. The summed E-state index contributed by atoms with van der Waals surface area (Å²) in [5.41, 5.74) is 1.21. The molecule has 0 atom stereocenters. The van der Waals surface area contributed by atoms with Crippen molar-refractivity contribution >= 4 is 27.7 Å². The van der Waals surface area contributed by atoms with Gasteiger partial charge in [0.05, 0.1) is 12.0 Å². The van der Waals surface area contributed by atoms with Crippen molar-refractivity contribution in [1.82, 2.24) is 0 Å². The molecule has 1 heterocycles. The normalized spacial score (nSPS) is 10.8. The van der Waals surface area contributed by atoms with Gasteiger partial charge >= 0.3 is 0 Å². The van der Waals surface area contributed by atoms with Gasteiger partial charge in [-0.05, 0) is 42.0 Å². The summed E-state index contributed by atoms with van der Waals surface area (Å²) < 4.78 is 6.36. The summed E-state index contributed by atoms with van der Waals surface area (Å²) >= 11 is 1.56. The van der Waals surface area contributed by atoms with E-state index in [0.29, 0.717) is 0 Å². The predicted octanol–water partition coefficient (Wildman–Crippen LogP) is 4.46. The fourth-order valence-corrected chi connectivity index (χ4v) is 3.28. The minimum atomic E-state index is 0.848. The van der Waals surface area contributed by atoms with Gasteiger partial charge in [-0.15, -0.1) is 11.3 Å². The van der Waals surface area contributed by atoms with Crippen LogP contribution >= 0.6 is 11.3 Å². The second kappa shape index (κ2) is 6.01. The largest absolute Gasteiger partial charge is 0.497 e. The lowest BCUT2D eigenvalue weighted by molar-refractivity contribution is 0.112. The molecule has 0 saturated carbocycles. The highest BCUT2D eigenvalue weighted by atomic mass is 32.1. The number of hydrogen-bond acceptors (Lipinski definition) is 3. The number of unbranched alkanes of at least 4 members (excludes halogenated alkanes) is 2. The molecule has 1 aromatic carbocycles. The molecule has 0 radical (unpaired) electrons. The van der Waals surface area contributed by atoms with E-state index in [0.717, 1.165) is 34.5 Å². The van der Waals surface area contributed by atoms with Crippen LogP contribution in [0.15, 0.2) is 18.2 Å². The molecule has 2 aromatic rings. The molecule has 1 aromatic heterocycles. The Kier molecular flexibility index (Phi) is 4.37. The topological polar surface area (TPSA) is 26.3 Å². The van der Waals surface area contributed by atoms with Crippen LogP contribution in [0.2, 0.25) is 0 Å². The van der Waals surface area contributed by atoms with E-state index in [1.54, 1.807) is 18.4 Å². The Hall–Kier alpha value is -1.35. The number of carbonyl (C=O) groups excluding carboxylic acids is 1. The number of carbonyl (C=O) groups is 1. The Morgan fingerprint density at radius 1 is 1.33 bits per heavy atom. The zero-order valence-electron chi connectivity index (χ0n) is 10.9. The Labute approximate surface area is 112 Å². The van der Waals surface area contributed by atoms with E-state index in [1.165, 1.54) is 23.8 Å². The molecule has 0 aliphatic heterocycles. The molecular formula is C15H18O2S. The highest BCUT2D eigenvalue weighted by molar-refractivity contribution is 7.20. The van der Waals surface area contributed by atoms with E-state index in [9.17, 15) is 4.79 Å². The lowest BCUT2D eigenvalue weighted by Crippen LogP contribution is -1.88. The number of aldehydes is 1. The molecular weight excluding hydrogens is 244 g/mol. The van der Waals surface area contributed by atoms with E-state index in [4.69, 9.17) is 4.74 Å². The summed E-state index contributed by atoms with van der Waals surface area (Å²) in [6, 6.07) is 6.04. The van der Waals surface area contributed by atoms with Crippen LogP contribution in [0, 0.1) is 0 Å². The predicted molar refractivity (Wildman–Crippen MR) is 77.0 cm³/mol. The molecule has 0 aliphatic carbocycles. The summed E-state index contributed by atoms with van der Waals surface area (Å²) in [6.45, 7) is 2.19. The maximum atomic E-state index is 11.2. The van der Waals surface area contributed by atoms with Crippen molar-refractivity contribution in [2.45, 2.75) is 32.6 Å². The van der Waals surface area contributed by atoms with Crippen LogP contribution in [0.4, 0.5) is 0 Å². The molecule has 0 unspecified atom stereocenters. The molecule has 2 nitrogen and oxygen atoms in total. The zero-order chi connectivity index (χ0) is 13.0. The maximum Gasteiger partial charge on any atom is 0.160 e. The van der Waals surface area contributed by atoms with Gasteiger partial charge in [-0.2, -0.15) is 0 Å². The van der Waals surface area contributed by atoms with Crippen molar-refractivity contribution in [3.63, 3.8) is 0 Å². The fourth-order valence-electron chi connectivity index (χ4n) is 2.18. The molecule has 0 bridgehead atoms. The first kappa shape index (κ1) is 13.1. The summed E-state index contributed by atoms with van der Waals surface area (Å²) in [5.74, 6) is 0.848. The Morgan fingerprint density at radius 3 is 2.83 bits per heavy atom. The van der Waals surface area contributed by atoms with E-state index in [-0.39, 0.29) is 0 Å². The summed E-state index contributed by atoms with van der Waals surface area (Å²) in [4.78, 5) is 12.0. The summed E-state index contributed by atoms with van der Waals surface area (Å²) in [6.07, 6.45) is 5.54. The smallest absolute Gasteiger partial charge is 0.160 e. The van der Waals surface area contributed by atoms with Crippen LogP contribution in [0.3, 0.4) is 0 Å². The van der Waals surface area contributed by atoms with Gasteiger partial charge in [0.1, 0.15) is 5.75 Å². The van der Waals surface area contributed by atoms with Crippen LogP contribution in [0.1, 0.15) is 41.4 Å². The number of thiophene rings is 1. The number of hydrogen-bond donors (Lipinski definition) is 0. The molecule has 96 valence electrons. The van der Waals surface area contributed by atoms with Gasteiger partial charge in [0.25, 0.3) is 0 Å². The fraction of sp³-hybridized carbons (Fsp3) is 0.400. The average Bonchev–Trinajstić information content (AvgIpc) is 2.76. The van der Waals surface area contributed by atoms with Crippen LogP contribution in [-0.4, -0.2) is 13.4 Å². The second-order valence-electron chi connectivity index (χ2n) is 4.38. The van der Waals surface area contributed by atoms with Crippen molar-refractivity contribution in [2.24, 2.45) is 0 Å². The minimum Gasteiger partial charge on any atom is -0.497 e. The number of aryl methyl sites for hydroxylation is 1. The third-order valence-corrected chi connectivity index (χ3v) is 4.29. The monoisotopic (exact) mass is 262 g/mol. The average molecular weight is 262 g/mol. The van der Waals surface area contributed by atoms with Gasteiger partial charge in [-0.25, -0.2) is 0 Å². The van der Waals surface area contributed by atoms with Gasteiger partial charge in [0.15, 0.2) is 6.29 Å². The van der Waals surface area contributed by atoms with Gasteiger partial charge < -0.3 is 4.74 Å². The van der Waals surface area contributed by atoms with Crippen molar-refractivity contribution in [3.8, 4) is 5.75 Å². The van der Waals surface area contributed by atoms with Crippen molar-refractivity contribution in [1.29, 1.82) is 0 Å². The first-order chi connectivity index (χ1) is 8.80. The van der Waals surface area contributed by atoms with E-state index in [1.807, 2.05) is 12.1 Å². The Balaban J connectivity index is 2.39. The minimum absolute atomic E-state index is 0.848. The van der Waals surface area contributed by atoms with Crippen molar-refractivity contribution in [3.05, 3.63) is 28.6 Å². The molecule has 0 saturated heterocycles. The summed E-state index contributed by atoms with van der Waals surface area (Å²) in [5, 5.41) is 1.21. The van der Waals surface area contributed by atoms with Gasteiger partial charge in [-0.3, -0.25) is 4.79 Å². The molecule has 0 fully saturated rings. The quantitative estimate of drug-likeness (QED) is 0.567. The summed E-state index contributed by atoms with van der Waals surface area (Å²) in [7, 11) is 1.66. The molecule has 0 spiro atoms. The Bertz CT molecular complexity index is 543. The molecule has 3 heteroatoms. The highest BCUT2D eigenvalue weighted by Gasteiger charge is 2.11. The molecule has 0 aliphatic rings. The van der Waals surface area contributed by atoms with Crippen molar-refractivity contribution < 1.29 is 9.53 Å². The maximum absolute atomic E-state index is 11.2. The first-order valence-corrected chi connectivity index (χ1v) is 7.16. The van der Waals surface area contributed by atoms with Crippen LogP contribution in [0.25, 0.3) is 10.1 Å². The number of fused-ring (bicyclic) bond motifs is 1. The van der Waals surface area contributed by atoms with Gasteiger partial charge in [0.2, 0.25) is 0 Å². The van der Waals surface area contributed by atoms with Crippen molar-refractivity contribution in [2.75, 3.05) is 7.11 Å². The standard InChI is InChI=1S/C15H18O2S/c1-3-4-5-6-12-13-8-7-11(17-2)9-14(13)18-15(12)10-16/h7-10H,3-6H2,1-2H3.